The molecule has 2 unspecified atom stereocenters. The summed E-state index contributed by atoms with van der Waals surface area (Å²) in [6.07, 6.45) is 0.773. The Morgan fingerprint density at radius 2 is 2.11 bits per heavy atom. The van der Waals surface area contributed by atoms with Gasteiger partial charge in [0, 0.05) is 6.54 Å². The topological polar surface area (TPSA) is 58.6 Å². The van der Waals surface area contributed by atoms with Gasteiger partial charge in [-0.15, -0.1) is 0 Å². The molecule has 0 spiro atoms. The fourth-order valence-corrected chi connectivity index (χ4v) is 2.11. The molecule has 2 atom stereocenters. The molecule has 98 valence electrons. The molecule has 0 radical (unpaired) electrons. The Bertz CT molecular complexity index is 470. The van der Waals surface area contributed by atoms with Gasteiger partial charge in [-0.25, -0.2) is 0 Å². The van der Waals surface area contributed by atoms with Gasteiger partial charge in [0.15, 0.2) is 0 Å². The van der Waals surface area contributed by atoms with Crippen LogP contribution in [0, 0.1) is 25.7 Å². The van der Waals surface area contributed by atoms with Gasteiger partial charge in [0.2, 0.25) is 0 Å². The Balaban J connectivity index is 2.01. The number of aryl methyl sites for hydroxylation is 2. The second kappa shape index (κ2) is 4.88. The second-order valence-electron chi connectivity index (χ2n) is 4.96. The minimum absolute atomic E-state index is 0.171. The van der Waals surface area contributed by atoms with Crippen LogP contribution in [0.2, 0.25) is 0 Å². The monoisotopic (exact) mass is 249 g/mol. The van der Waals surface area contributed by atoms with E-state index in [2.05, 4.69) is 12.2 Å². The summed E-state index contributed by atoms with van der Waals surface area (Å²) in [5.41, 5.74) is 3.33. The number of carboxylic acid groups (broad SMARTS) is 1. The molecule has 2 N–H and O–H groups in total. The predicted molar refractivity (Wildman–Crippen MR) is 70.2 cm³/mol. The third kappa shape index (κ3) is 2.58. The largest absolute Gasteiger partial charge is 0.495 e. The zero-order valence-corrected chi connectivity index (χ0v) is 11.0. The standard InChI is InChI=1S/C14H19NO3/c1-8-4-12(13(18-3)5-9(8)2)15-7-10-6-11(10)14(16)17/h4-5,10-11,15H,6-7H2,1-3H3,(H,16,17). The van der Waals surface area contributed by atoms with Crippen LogP contribution in [0.15, 0.2) is 12.1 Å². The summed E-state index contributed by atoms with van der Waals surface area (Å²) in [7, 11) is 1.65. The molecule has 1 saturated carbocycles. The molecule has 0 amide bonds. The molecule has 1 aliphatic carbocycles. The van der Waals surface area contributed by atoms with Crippen LogP contribution >= 0.6 is 0 Å². The Morgan fingerprint density at radius 3 is 2.67 bits per heavy atom. The van der Waals surface area contributed by atoms with Gasteiger partial charge in [0.25, 0.3) is 0 Å². The van der Waals surface area contributed by atoms with Gasteiger partial charge in [-0.3, -0.25) is 4.79 Å². The highest BCUT2D eigenvalue weighted by atomic mass is 16.5. The van der Waals surface area contributed by atoms with Crippen molar-refractivity contribution in [2.75, 3.05) is 19.0 Å². The summed E-state index contributed by atoms with van der Waals surface area (Å²) < 4.78 is 5.33. The number of ether oxygens (including phenoxy) is 1. The number of hydrogen-bond acceptors (Lipinski definition) is 3. The van der Waals surface area contributed by atoms with E-state index in [1.54, 1.807) is 7.11 Å². The van der Waals surface area contributed by atoms with Crippen molar-refractivity contribution in [1.82, 2.24) is 0 Å². The number of nitrogens with one attached hydrogen (secondary N) is 1. The maximum Gasteiger partial charge on any atom is 0.306 e. The van der Waals surface area contributed by atoms with Gasteiger partial charge in [-0.05, 0) is 49.4 Å². The number of carbonyl (C=O) groups is 1. The van der Waals surface area contributed by atoms with Crippen molar-refractivity contribution in [3.8, 4) is 5.75 Å². The number of methoxy groups -OCH3 is 1. The Hall–Kier alpha value is -1.71. The summed E-state index contributed by atoms with van der Waals surface area (Å²) in [6.45, 7) is 4.79. The van der Waals surface area contributed by atoms with Gasteiger partial charge in [-0.2, -0.15) is 0 Å². The van der Waals surface area contributed by atoms with Crippen molar-refractivity contribution >= 4 is 11.7 Å². The highest BCUT2D eigenvalue weighted by Crippen LogP contribution is 2.39. The average Bonchev–Trinajstić information content (AvgIpc) is 3.09. The fraction of sp³-hybridized carbons (Fsp3) is 0.500. The third-order valence-corrected chi connectivity index (χ3v) is 3.61. The lowest BCUT2D eigenvalue weighted by Gasteiger charge is -2.13. The number of anilines is 1. The highest BCUT2D eigenvalue weighted by molar-refractivity contribution is 5.73. The molecule has 4 heteroatoms. The Labute approximate surface area is 107 Å². The van der Waals surface area contributed by atoms with Gasteiger partial charge in [0.1, 0.15) is 5.75 Å². The maximum absolute atomic E-state index is 10.8. The molecule has 0 aromatic heterocycles. The summed E-state index contributed by atoms with van der Waals surface area (Å²) in [4.78, 5) is 10.8. The van der Waals surface area contributed by atoms with E-state index >= 15 is 0 Å². The van der Waals surface area contributed by atoms with Crippen molar-refractivity contribution in [2.24, 2.45) is 11.8 Å². The molecule has 1 fully saturated rings. The van der Waals surface area contributed by atoms with E-state index < -0.39 is 5.97 Å². The highest BCUT2D eigenvalue weighted by Gasteiger charge is 2.42. The van der Waals surface area contributed by atoms with Crippen LogP contribution in [0.1, 0.15) is 17.5 Å². The van der Waals surface area contributed by atoms with E-state index in [1.807, 2.05) is 19.1 Å². The molecule has 1 aromatic carbocycles. The summed E-state index contributed by atoms with van der Waals surface area (Å²) in [6, 6.07) is 4.05. The van der Waals surface area contributed by atoms with Crippen molar-refractivity contribution < 1.29 is 14.6 Å². The van der Waals surface area contributed by atoms with E-state index in [0.29, 0.717) is 6.54 Å². The average molecular weight is 249 g/mol. The predicted octanol–water partition coefficient (Wildman–Crippen LogP) is 2.44. The van der Waals surface area contributed by atoms with Crippen LogP contribution in [-0.4, -0.2) is 24.7 Å². The molecule has 0 saturated heterocycles. The first kappa shape index (κ1) is 12.7. The minimum atomic E-state index is -0.686. The molecular weight excluding hydrogens is 230 g/mol. The first-order valence-electron chi connectivity index (χ1n) is 6.15. The molecule has 1 aromatic rings. The summed E-state index contributed by atoms with van der Waals surface area (Å²) in [5.74, 6) is 0.198. The van der Waals surface area contributed by atoms with Crippen LogP contribution in [0.4, 0.5) is 5.69 Å². The lowest BCUT2D eigenvalue weighted by atomic mass is 10.1. The Kier molecular flexibility index (Phi) is 3.45. The Morgan fingerprint density at radius 1 is 1.44 bits per heavy atom. The van der Waals surface area contributed by atoms with Gasteiger partial charge < -0.3 is 15.2 Å². The smallest absolute Gasteiger partial charge is 0.306 e. The first-order chi connectivity index (χ1) is 8.52. The molecule has 4 nitrogen and oxygen atoms in total. The summed E-state index contributed by atoms with van der Waals surface area (Å²) in [5, 5.41) is 12.1. The molecular formula is C14H19NO3. The van der Waals surface area contributed by atoms with Crippen molar-refractivity contribution in [3.63, 3.8) is 0 Å². The molecule has 0 bridgehead atoms. The second-order valence-corrected chi connectivity index (χ2v) is 4.96. The SMILES string of the molecule is COc1cc(C)c(C)cc1NCC1CC1C(=O)O. The lowest BCUT2D eigenvalue weighted by molar-refractivity contribution is -0.138. The number of rotatable bonds is 5. The van der Waals surface area contributed by atoms with Gasteiger partial charge in [-0.1, -0.05) is 0 Å². The minimum Gasteiger partial charge on any atom is -0.495 e. The van der Waals surface area contributed by atoms with Crippen LogP contribution in [0.3, 0.4) is 0 Å². The zero-order chi connectivity index (χ0) is 13.3. The van der Waals surface area contributed by atoms with Crippen LogP contribution < -0.4 is 10.1 Å². The molecule has 0 heterocycles. The number of benzene rings is 1. The van der Waals surface area contributed by atoms with Crippen LogP contribution in [0.25, 0.3) is 0 Å². The quantitative estimate of drug-likeness (QED) is 0.841. The van der Waals surface area contributed by atoms with E-state index in [0.717, 1.165) is 17.9 Å². The normalized spacial score (nSPS) is 21.5. The van der Waals surface area contributed by atoms with Gasteiger partial charge in [0.05, 0.1) is 18.7 Å². The molecule has 18 heavy (non-hydrogen) atoms. The molecule has 2 rings (SSSR count). The van der Waals surface area contributed by atoms with E-state index in [-0.39, 0.29) is 11.8 Å². The van der Waals surface area contributed by atoms with Crippen molar-refractivity contribution in [1.29, 1.82) is 0 Å². The van der Waals surface area contributed by atoms with Crippen LogP contribution in [-0.2, 0) is 4.79 Å². The summed E-state index contributed by atoms with van der Waals surface area (Å²) >= 11 is 0. The lowest BCUT2D eigenvalue weighted by Crippen LogP contribution is -2.09. The van der Waals surface area contributed by atoms with E-state index in [1.165, 1.54) is 11.1 Å². The zero-order valence-electron chi connectivity index (χ0n) is 11.0. The van der Waals surface area contributed by atoms with Crippen molar-refractivity contribution in [3.05, 3.63) is 23.3 Å². The first-order valence-corrected chi connectivity index (χ1v) is 6.15. The number of hydrogen-bond donors (Lipinski definition) is 2. The van der Waals surface area contributed by atoms with Gasteiger partial charge >= 0.3 is 5.97 Å². The third-order valence-electron chi connectivity index (χ3n) is 3.61. The molecule has 0 aliphatic heterocycles. The van der Waals surface area contributed by atoms with E-state index in [9.17, 15) is 4.79 Å². The molecule has 1 aliphatic rings. The maximum atomic E-state index is 10.8. The fourth-order valence-electron chi connectivity index (χ4n) is 2.11. The number of carboxylic acids is 1. The van der Waals surface area contributed by atoms with Crippen LogP contribution in [0.5, 0.6) is 5.75 Å². The number of aliphatic carboxylic acids is 1. The van der Waals surface area contributed by atoms with Crippen molar-refractivity contribution in [2.45, 2.75) is 20.3 Å². The van der Waals surface area contributed by atoms with E-state index in [4.69, 9.17) is 9.84 Å².